The van der Waals surface area contributed by atoms with Crippen molar-refractivity contribution in [1.29, 1.82) is 0 Å². The van der Waals surface area contributed by atoms with Crippen molar-refractivity contribution in [2.45, 2.75) is 0 Å². The Morgan fingerprint density at radius 1 is 1.35 bits per heavy atom. The monoisotopic (exact) mass is 364 g/mol. The van der Waals surface area contributed by atoms with E-state index in [0.717, 1.165) is 0 Å². The number of piperazine rings is 1. The highest BCUT2D eigenvalue weighted by atomic mass is 79.9. The number of anilines is 1. The maximum Gasteiger partial charge on any atom is 0.310 e. The standard InChI is InChI=1S/C10H13BrN4O4S/c11-8-20(18,19)14-5-3-13(4-6-14)9-1-2-12-7-10(9)15(16)17/h1-2,7H,3-6,8H2. The highest BCUT2D eigenvalue weighted by molar-refractivity contribution is 9.10. The predicted molar refractivity (Wildman–Crippen MR) is 77.4 cm³/mol. The third kappa shape index (κ3) is 3.07. The Hall–Kier alpha value is -1.26. The number of rotatable bonds is 4. The molecule has 2 heterocycles. The Kier molecular flexibility index (Phi) is 4.55. The summed E-state index contributed by atoms with van der Waals surface area (Å²) in [5.74, 6) is 0. The van der Waals surface area contributed by atoms with Gasteiger partial charge in [0, 0.05) is 32.4 Å². The Morgan fingerprint density at radius 3 is 2.55 bits per heavy atom. The summed E-state index contributed by atoms with van der Waals surface area (Å²) in [5.41, 5.74) is 0.408. The molecular formula is C10H13BrN4O4S. The van der Waals surface area contributed by atoms with Crippen LogP contribution < -0.4 is 4.90 Å². The zero-order valence-electron chi connectivity index (χ0n) is 10.5. The van der Waals surface area contributed by atoms with Crippen molar-refractivity contribution in [1.82, 2.24) is 9.29 Å². The van der Waals surface area contributed by atoms with E-state index < -0.39 is 14.9 Å². The molecule has 0 atom stereocenters. The minimum Gasteiger partial charge on any atom is -0.363 e. The van der Waals surface area contributed by atoms with Gasteiger partial charge in [-0.3, -0.25) is 15.1 Å². The van der Waals surface area contributed by atoms with E-state index in [2.05, 4.69) is 20.9 Å². The van der Waals surface area contributed by atoms with Crippen molar-refractivity contribution in [2.75, 3.05) is 35.7 Å². The molecule has 2 rings (SSSR count). The highest BCUT2D eigenvalue weighted by Gasteiger charge is 2.28. The average molecular weight is 365 g/mol. The molecule has 1 aliphatic rings. The Morgan fingerprint density at radius 2 is 2.00 bits per heavy atom. The van der Waals surface area contributed by atoms with E-state index in [1.54, 1.807) is 11.0 Å². The molecule has 0 saturated carbocycles. The van der Waals surface area contributed by atoms with Gasteiger partial charge in [-0.05, 0) is 6.07 Å². The van der Waals surface area contributed by atoms with Gasteiger partial charge in [-0.2, -0.15) is 4.31 Å². The van der Waals surface area contributed by atoms with E-state index in [-0.39, 0.29) is 10.3 Å². The van der Waals surface area contributed by atoms with Gasteiger partial charge in [0.2, 0.25) is 10.0 Å². The molecule has 1 aromatic heterocycles. The highest BCUT2D eigenvalue weighted by Crippen LogP contribution is 2.27. The van der Waals surface area contributed by atoms with Crippen LogP contribution in [0, 0.1) is 10.1 Å². The number of pyridine rings is 1. The van der Waals surface area contributed by atoms with Gasteiger partial charge >= 0.3 is 5.69 Å². The number of nitrogens with zero attached hydrogens (tertiary/aromatic N) is 4. The second-order valence-electron chi connectivity index (χ2n) is 4.23. The zero-order chi connectivity index (χ0) is 14.8. The van der Waals surface area contributed by atoms with E-state index in [1.807, 2.05) is 0 Å². The van der Waals surface area contributed by atoms with E-state index in [0.29, 0.717) is 31.9 Å². The lowest BCUT2D eigenvalue weighted by atomic mass is 10.2. The van der Waals surface area contributed by atoms with Crippen LogP contribution in [0.2, 0.25) is 0 Å². The first-order valence-electron chi connectivity index (χ1n) is 5.83. The van der Waals surface area contributed by atoms with E-state index >= 15 is 0 Å². The van der Waals surface area contributed by atoms with Gasteiger partial charge in [0.15, 0.2) is 0 Å². The van der Waals surface area contributed by atoms with Crippen LogP contribution in [0.3, 0.4) is 0 Å². The first-order chi connectivity index (χ1) is 9.45. The summed E-state index contributed by atoms with van der Waals surface area (Å²) in [6, 6.07) is 1.58. The third-order valence-electron chi connectivity index (χ3n) is 3.09. The van der Waals surface area contributed by atoms with E-state index in [4.69, 9.17) is 0 Å². The smallest absolute Gasteiger partial charge is 0.310 e. The normalized spacial score (nSPS) is 17.1. The maximum atomic E-state index is 11.7. The van der Waals surface area contributed by atoms with Crippen LogP contribution in [0.25, 0.3) is 0 Å². The molecule has 0 N–H and O–H groups in total. The van der Waals surface area contributed by atoms with Gasteiger partial charge in [0.1, 0.15) is 16.5 Å². The van der Waals surface area contributed by atoms with Gasteiger partial charge in [0.05, 0.1) is 4.92 Å². The molecule has 110 valence electrons. The molecule has 0 spiro atoms. The van der Waals surface area contributed by atoms with Gasteiger partial charge in [-0.15, -0.1) is 0 Å². The number of nitro groups is 1. The molecule has 1 saturated heterocycles. The van der Waals surface area contributed by atoms with Crippen LogP contribution in [0.15, 0.2) is 18.5 Å². The summed E-state index contributed by atoms with van der Waals surface area (Å²) in [7, 11) is -3.28. The van der Waals surface area contributed by atoms with Gasteiger partial charge in [0.25, 0.3) is 0 Å². The molecule has 0 bridgehead atoms. The summed E-state index contributed by atoms with van der Waals surface area (Å²) in [6.45, 7) is 1.45. The molecule has 0 radical (unpaired) electrons. The first kappa shape index (κ1) is 15.1. The van der Waals surface area contributed by atoms with Crippen LogP contribution in [0.5, 0.6) is 0 Å². The largest absolute Gasteiger partial charge is 0.363 e. The van der Waals surface area contributed by atoms with Crippen molar-refractivity contribution in [3.63, 3.8) is 0 Å². The molecule has 20 heavy (non-hydrogen) atoms. The molecule has 0 amide bonds. The Bertz CT molecular complexity index is 601. The lowest BCUT2D eigenvalue weighted by molar-refractivity contribution is -0.384. The third-order valence-corrected chi connectivity index (χ3v) is 6.25. The lowest BCUT2D eigenvalue weighted by Gasteiger charge is -2.34. The number of halogens is 1. The van der Waals surface area contributed by atoms with Gasteiger partial charge < -0.3 is 4.90 Å². The summed E-state index contributed by atoms with van der Waals surface area (Å²) >= 11 is 2.96. The molecule has 10 heteroatoms. The zero-order valence-corrected chi connectivity index (χ0v) is 12.9. The fraction of sp³-hybridized carbons (Fsp3) is 0.500. The molecular weight excluding hydrogens is 352 g/mol. The van der Waals surface area contributed by atoms with Crippen LogP contribution in [0.4, 0.5) is 11.4 Å². The molecule has 0 aromatic carbocycles. The summed E-state index contributed by atoms with van der Waals surface area (Å²) in [5, 5.41) is 11.0. The predicted octanol–water partition coefficient (Wildman–Crippen LogP) is 0.794. The quantitative estimate of drug-likeness (QED) is 0.445. The molecule has 1 fully saturated rings. The van der Waals surface area contributed by atoms with Crippen molar-refractivity contribution < 1.29 is 13.3 Å². The summed E-state index contributed by atoms with van der Waals surface area (Å²) < 4.78 is 24.7. The maximum absolute atomic E-state index is 11.7. The second-order valence-corrected chi connectivity index (χ2v) is 7.50. The van der Waals surface area contributed by atoms with Crippen molar-refractivity contribution in [3.8, 4) is 0 Å². The summed E-state index contributed by atoms with van der Waals surface area (Å²) in [6.07, 6.45) is 2.70. The Balaban J connectivity index is 2.14. The molecule has 1 aromatic rings. The minimum absolute atomic E-state index is 0.0655. The van der Waals surface area contributed by atoms with Crippen molar-refractivity contribution in [3.05, 3.63) is 28.6 Å². The van der Waals surface area contributed by atoms with Crippen LogP contribution in [0.1, 0.15) is 0 Å². The van der Waals surface area contributed by atoms with Crippen molar-refractivity contribution in [2.24, 2.45) is 0 Å². The SMILES string of the molecule is O=[N+]([O-])c1cnccc1N1CCN(S(=O)(=O)CBr)CC1. The molecule has 0 aliphatic carbocycles. The average Bonchev–Trinajstić information content (AvgIpc) is 2.47. The lowest BCUT2D eigenvalue weighted by Crippen LogP contribution is -2.49. The number of hydrogen-bond donors (Lipinski definition) is 0. The second kappa shape index (κ2) is 6.02. The number of hydrogen-bond acceptors (Lipinski definition) is 6. The van der Waals surface area contributed by atoms with Gasteiger partial charge in [-0.25, -0.2) is 8.42 Å². The molecule has 8 nitrogen and oxygen atoms in total. The van der Waals surface area contributed by atoms with Crippen LogP contribution in [-0.4, -0.2) is 53.5 Å². The minimum atomic E-state index is -3.28. The number of alkyl halides is 1. The number of aromatic nitrogens is 1. The van der Waals surface area contributed by atoms with Crippen LogP contribution in [-0.2, 0) is 10.0 Å². The Labute approximate surface area is 124 Å². The summed E-state index contributed by atoms with van der Waals surface area (Å²) in [4.78, 5) is 16.0. The van der Waals surface area contributed by atoms with E-state index in [1.165, 1.54) is 16.7 Å². The van der Waals surface area contributed by atoms with Crippen molar-refractivity contribution >= 4 is 37.3 Å². The number of sulfonamides is 1. The fourth-order valence-corrected chi connectivity index (χ4v) is 3.79. The molecule has 1 aliphatic heterocycles. The van der Waals surface area contributed by atoms with Gasteiger partial charge in [-0.1, -0.05) is 15.9 Å². The first-order valence-corrected chi connectivity index (χ1v) is 8.56. The fourth-order valence-electron chi connectivity index (χ4n) is 2.06. The topological polar surface area (TPSA) is 96.7 Å². The molecule has 0 unspecified atom stereocenters. The van der Waals surface area contributed by atoms with E-state index in [9.17, 15) is 18.5 Å². The van der Waals surface area contributed by atoms with Crippen LogP contribution >= 0.6 is 15.9 Å².